The van der Waals surface area contributed by atoms with E-state index in [1.54, 1.807) is 0 Å². The number of nitrogens with zero attached hydrogens (tertiary/aromatic N) is 1. The van der Waals surface area contributed by atoms with Crippen molar-refractivity contribution in [2.45, 2.75) is 24.7 Å². The Balaban J connectivity index is 1.46. The summed E-state index contributed by atoms with van der Waals surface area (Å²) in [5.41, 5.74) is 0. The van der Waals surface area contributed by atoms with Crippen LogP contribution in [-0.2, 0) is 4.74 Å². The van der Waals surface area contributed by atoms with Crippen molar-refractivity contribution in [2.24, 2.45) is 5.92 Å². The van der Waals surface area contributed by atoms with E-state index < -0.39 is 0 Å². The molecule has 2 rings (SSSR count). The third-order valence-electron chi connectivity index (χ3n) is 3.67. The highest BCUT2D eigenvalue weighted by Gasteiger charge is 2.14. The summed E-state index contributed by atoms with van der Waals surface area (Å²) in [6, 6.07) is 10.5. The maximum Gasteiger partial charge on any atom is 0.0593 e. The molecule has 3 heteroatoms. The molecule has 1 saturated heterocycles. The quantitative estimate of drug-likeness (QED) is 0.559. The van der Waals surface area contributed by atoms with Gasteiger partial charge in [0.05, 0.1) is 13.2 Å². The number of thioether (sulfide) groups is 1. The van der Waals surface area contributed by atoms with E-state index in [-0.39, 0.29) is 0 Å². The highest BCUT2D eigenvalue weighted by molar-refractivity contribution is 7.99. The van der Waals surface area contributed by atoms with Crippen molar-refractivity contribution in [3.8, 4) is 0 Å². The lowest BCUT2D eigenvalue weighted by Crippen LogP contribution is -2.35. The molecule has 1 heterocycles. The second-order valence-corrected chi connectivity index (χ2v) is 6.47. The average Bonchev–Trinajstić information content (AvgIpc) is 2.46. The second-order valence-electron chi connectivity index (χ2n) is 5.30. The van der Waals surface area contributed by atoms with Gasteiger partial charge in [-0.15, -0.1) is 11.8 Å². The first-order valence-corrected chi connectivity index (χ1v) is 8.31. The molecule has 0 amide bonds. The molecule has 0 aliphatic carbocycles. The predicted molar refractivity (Wildman–Crippen MR) is 82.8 cm³/mol. The summed E-state index contributed by atoms with van der Waals surface area (Å²) in [4.78, 5) is 3.86. The molecule has 0 atom stereocenters. The molecule has 1 aromatic rings. The average molecular weight is 279 g/mol. The lowest BCUT2D eigenvalue weighted by molar-refractivity contribution is 0.0990. The number of piperidine rings is 1. The Kier molecular flexibility index (Phi) is 6.75. The van der Waals surface area contributed by atoms with E-state index in [0.29, 0.717) is 0 Å². The van der Waals surface area contributed by atoms with Crippen LogP contribution in [0.4, 0.5) is 0 Å². The molecule has 1 aliphatic rings. The van der Waals surface area contributed by atoms with Gasteiger partial charge in [0, 0.05) is 17.2 Å². The zero-order valence-electron chi connectivity index (χ0n) is 11.9. The van der Waals surface area contributed by atoms with E-state index in [4.69, 9.17) is 4.74 Å². The third kappa shape index (κ3) is 5.98. The van der Waals surface area contributed by atoms with Crippen LogP contribution in [0.15, 0.2) is 35.2 Å². The van der Waals surface area contributed by atoms with Gasteiger partial charge < -0.3 is 9.64 Å². The number of likely N-dealkylation sites (tertiary alicyclic amines) is 1. The minimum Gasteiger partial charge on any atom is -0.379 e. The summed E-state index contributed by atoms with van der Waals surface area (Å²) in [6.07, 6.45) is 2.70. The Morgan fingerprint density at radius 3 is 2.63 bits per heavy atom. The van der Waals surface area contributed by atoms with Crippen molar-refractivity contribution in [3.05, 3.63) is 30.3 Å². The van der Waals surface area contributed by atoms with Crippen LogP contribution in [0.2, 0.25) is 0 Å². The fourth-order valence-electron chi connectivity index (χ4n) is 2.32. The first kappa shape index (κ1) is 14.9. The largest absolute Gasteiger partial charge is 0.379 e. The van der Waals surface area contributed by atoms with Crippen LogP contribution in [0, 0.1) is 5.92 Å². The first-order valence-electron chi connectivity index (χ1n) is 7.32. The predicted octanol–water partition coefficient (Wildman–Crippen LogP) is 3.53. The van der Waals surface area contributed by atoms with E-state index in [2.05, 4.69) is 42.2 Å². The number of benzene rings is 1. The lowest BCUT2D eigenvalue weighted by atomic mass is 9.99. The summed E-state index contributed by atoms with van der Waals surface area (Å²) in [7, 11) is 0. The van der Waals surface area contributed by atoms with Gasteiger partial charge in [-0.3, -0.25) is 0 Å². The monoisotopic (exact) mass is 279 g/mol. The van der Waals surface area contributed by atoms with E-state index in [0.717, 1.165) is 31.4 Å². The minimum atomic E-state index is 0.851. The molecule has 1 fully saturated rings. The van der Waals surface area contributed by atoms with Crippen LogP contribution in [0.1, 0.15) is 19.8 Å². The smallest absolute Gasteiger partial charge is 0.0593 e. The minimum absolute atomic E-state index is 0.851. The van der Waals surface area contributed by atoms with Crippen molar-refractivity contribution in [3.63, 3.8) is 0 Å². The van der Waals surface area contributed by atoms with E-state index in [1.807, 2.05) is 11.8 Å². The zero-order valence-corrected chi connectivity index (χ0v) is 12.7. The maximum atomic E-state index is 5.72. The van der Waals surface area contributed by atoms with Crippen LogP contribution in [-0.4, -0.2) is 43.5 Å². The topological polar surface area (TPSA) is 12.5 Å². The molecule has 2 nitrogen and oxygen atoms in total. The Bertz CT molecular complexity index is 336. The molecule has 0 radical (unpaired) electrons. The van der Waals surface area contributed by atoms with E-state index >= 15 is 0 Å². The van der Waals surface area contributed by atoms with Crippen molar-refractivity contribution < 1.29 is 4.74 Å². The summed E-state index contributed by atoms with van der Waals surface area (Å²) >= 11 is 1.87. The molecular weight excluding hydrogens is 254 g/mol. The fourth-order valence-corrected chi connectivity index (χ4v) is 3.10. The molecular formula is C16H25NOS. The molecule has 0 saturated carbocycles. The van der Waals surface area contributed by atoms with Gasteiger partial charge in [-0.25, -0.2) is 0 Å². The number of rotatable bonds is 7. The molecule has 0 N–H and O–H groups in total. The van der Waals surface area contributed by atoms with Crippen LogP contribution < -0.4 is 0 Å². The normalized spacial score (nSPS) is 17.7. The van der Waals surface area contributed by atoms with Crippen LogP contribution in [0.3, 0.4) is 0 Å². The maximum absolute atomic E-state index is 5.72. The van der Waals surface area contributed by atoms with Crippen LogP contribution in [0.25, 0.3) is 0 Å². The van der Waals surface area contributed by atoms with Crippen molar-refractivity contribution in [2.75, 3.05) is 38.6 Å². The molecule has 0 spiro atoms. The SMILES string of the molecule is CC1CCN(CCOCCSc2ccccc2)CC1. The highest BCUT2D eigenvalue weighted by Crippen LogP contribution is 2.17. The molecule has 1 aliphatic heterocycles. The second kappa shape index (κ2) is 8.62. The summed E-state index contributed by atoms with van der Waals surface area (Å²) in [6.45, 7) is 7.69. The van der Waals surface area contributed by atoms with E-state index in [9.17, 15) is 0 Å². The summed E-state index contributed by atoms with van der Waals surface area (Å²) in [5.74, 6) is 1.96. The lowest BCUT2D eigenvalue weighted by Gasteiger charge is -2.29. The highest BCUT2D eigenvalue weighted by atomic mass is 32.2. The van der Waals surface area contributed by atoms with Crippen molar-refractivity contribution in [1.29, 1.82) is 0 Å². The molecule has 106 valence electrons. The number of hydrogen-bond donors (Lipinski definition) is 0. The van der Waals surface area contributed by atoms with Gasteiger partial charge >= 0.3 is 0 Å². The Morgan fingerprint density at radius 1 is 1.16 bits per heavy atom. The van der Waals surface area contributed by atoms with Gasteiger partial charge in [0.2, 0.25) is 0 Å². The Labute approximate surface area is 121 Å². The van der Waals surface area contributed by atoms with Gasteiger partial charge in [-0.2, -0.15) is 0 Å². The standard InChI is InChI=1S/C16H25NOS/c1-15-7-9-17(10-8-15)11-12-18-13-14-19-16-5-3-2-4-6-16/h2-6,15H,7-14H2,1H3. The van der Waals surface area contributed by atoms with Crippen LogP contribution >= 0.6 is 11.8 Å². The van der Waals surface area contributed by atoms with E-state index in [1.165, 1.54) is 30.8 Å². The van der Waals surface area contributed by atoms with Crippen LogP contribution in [0.5, 0.6) is 0 Å². The Hall–Kier alpha value is -0.510. The summed E-state index contributed by atoms with van der Waals surface area (Å²) < 4.78 is 5.72. The molecule has 0 unspecified atom stereocenters. The van der Waals surface area contributed by atoms with Gasteiger partial charge in [-0.1, -0.05) is 25.1 Å². The number of ether oxygens (including phenoxy) is 1. The molecule has 0 aromatic heterocycles. The van der Waals surface area contributed by atoms with Gasteiger partial charge in [0.25, 0.3) is 0 Å². The van der Waals surface area contributed by atoms with Gasteiger partial charge in [-0.05, 0) is 44.0 Å². The zero-order chi connectivity index (χ0) is 13.3. The first-order chi connectivity index (χ1) is 9.34. The van der Waals surface area contributed by atoms with Gasteiger partial charge in [0.15, 0.2) is 0 Å². The molecule has 0 bridgehead atoms. The molecule has 19 heavy (non-hydrogen) atoms. The van der Waals surface area contributed by atoms with Gasteiger partial charge in [0.1, 0.15) is 0 Å². The summed E-state index contributed by atoms with van der Waals surface area (Å²) in [5, 5.41) is 0. The third-order valence-corrected chi connectivity index (χ3v) is 4.64. The fraction of sp³-hybridized carbons (Fsp3) is 0.625. The van der Waals surface area contributed by atoms with Crippen molar-refractivity contribution >= 4 is 11.8 Å². The molecule has 1 aromatic carbocycles. The Morgan fingerprint density at radius 2 is 1.89 bits per heavy atom. The van der Waals surface area contributed by atoms with Crippen molar-refractivity contribution in [1.82, 2.24) is 4.90 Å². The number of hydrogen-bond acceptors (Lipinski definition) is 3.